The van der Waals surface area contributed by atoms with Gasteiger partial charge in [0.1, 0.15) is 5.82 Å². The fourth-order valence-corrected chi connectivity index (χ4v) is 2.62. The van der Waals surface area contributed by atoms with Crippen molar-refractivity contribution in [1.29, 1.82) is 0 Å². The molecule has 0 unspecified atom stereocenters. The summed E-state index contributed by atoms with van der Waals surface area (Å²) >= 11 is 2.75. The molecule has 2 heterocycles. The number of H-pyrrole nitrogens is 1. The molecule has 0 saturated heterocycles. The van der Waals surface area contributed by atoms with E-state index in [9.17, 15) is 9.59 Å². The van der Waals surface area contributed by atoms with Crippen molar-refractivity contribution in [3.8, 4) is 0 Å². The van der Waals surface area contributed by atoms with Gasteiger partial charge in [0.05, 0.1) is 12.4 Å². The molecular weight excluding hydrogens is 324 g/mol. The van der Waals surface area contributed by atoms with Gasteiger partial charge >= 0.3 is 6.09 Å². The molecule has 2 rings (SSSR count). The fraction of sp³-hybridized carbons (Fsp3) is 0.231. The summed E-state index contributed by atoms with van der Waals surface area (Å²) in [5, 5.41) is 11.3. The summed E-state index contributed by atoms with van der Waals surface area (Å²) in [6.45, 7) is 1.88. The van der Waals surface area contributed by atoms with Crippen LogP contribution in [0.5, 0.6) is 0 Å². The van der Waals surface area contributed by atoms with Crippen LogP contribution in [0.4, 0.5) is 4.79 Å². The molecule has 2 amide bonds. The molecule has 116 valence electrons. The smallest absolute Gasteiger partial charge is 0.413 e. The lowest BCUT2D eigenvalue weighted by Crippen LogP contribution is -2.32. The number of ether oxygens (including phenoxy) is 1. The minimum atomic E-state index is -0.748. The standard InChI is InChI=1S/C13H14N4O3S2/c1-2-20-13(19)15-11(18)8-22-12-14-10(16-17-12)6-5-9-4-3-7-21-9/h3-7H,2,8H2,1H3,(H,14,16,17)(H,15,18,19). The predicted molar refractivity (Wildman–Crippen MR) is 85.5 cm³/mol. The van der Waals surface area contributed by atoms with Gasteiger partial charge in [-0.1, -0.05) is 17.8 Å². The number of thiophene rings is 1. The molecule has 0 aliphatic heterocycles. The number of amides is 2. The van der Waals surface area contributed by atoms with Gasteiger partial charge in [-0.25, -0.2) is 9.78 Å². The summed E-state index contributed by atoms with van der Waals surface area (Å²) in [7, 11) is 0. The number of carbonyl (C=O) groups is 2. The summed E-state index contributed by atoms with van der Waals surface area (Å²) in [6.07, 6.45) is 2.98. The van der Waals surface area contributed by atoms with Gasteiger partial charge in [-0.3, -0.25) is 15.2 Å². The molecule has 0 aliphatic carbocycles. The average molecular weight is 338 g/mol. The molecule has 2 aromatic rings. The zero-order chi connectivity index (χ0) is 15.8. The molecule has 0 saturated carbocycles. The van der Waals surface area contributed by atoms with Crippen LogP contribution < -0.4 is 5.32 Å². The second kappa shape index (κ2) is 8.35. The number of imide groups is 1. The van der Waals surface area contributed by atoms with Gasteiger partial charge in [-0.15, -0.1) is 16.4 Å². The van der Waals surface area contributed by atoms with Crippen LogP contribution in [-0.2, 0) is 9.53 Å². The van der Waals surface area contributed by atoms with Crippen LogP contribution in [0.2, 0.25) is 0 Å². The first-order valence-corrected chi connectivity index (χ1v) is 8.27. The van der Waals surface area contributed by atoms with Crippen LogP contribution >= 0.6 is 23.1 Å². The van der Waals surface area contributed by atoms with Gasteiger partial charge in [0.2, 0.25) is 11.1 Å². The second-order valence-electron chi connectivity index (χ2n) is 3.91. The molecule has 0 fully saturated rings. The minimum Gasteiger partial charge on any atom is -0.450 e. The summed E-state index contributed by atoms with van der Waals surface area (Å²) in [5.74, 6) is 0.177. The zero-order valence-electron chi connectivity index (χ0n) is 11.7. The molecule has 2 aromatic heterocycles. The van der Waals surface area contributed by atoms with Gasteiger partial charge in [0.15, 0.2) is 0 Å². The van der Waals surface area contributed by atoms with Crippen LogP contribution in [0.25, 0.3) is 12.2 Å². The highest BCUT2D eigenvalue weighted by atomic mass is 32.2. The van der Waals surface area contributed by atoms with Crippen molar-refractivity contribution < 1.29 is 14.3 Å². The van der Waals surface area contributed by atoms with Crippen molar-refractivity contribution >= 4 is 47.3 Å². The van der Waals surface area contributed by atoms with Gasteiger partial charge in [0.25, 0.3) is 0 Å². The van der Waals surface area contributed by atoms with E-state index >= 15 is 0 Å². The molecule has 0 atom stereocenters. The maximum absolute atomic E-state index is 11.5. The number of nitrogens with zero attached hydrogens (tertiary/aromatic N) is 2. The second-order valence-corrected chi connectivity index (χ2v) is 5.83. The van der Waals surface area contributed by atoms with Crippen LogP contribution in [0.15, 0.2) is 22.7 Å². The van der Waals surface area contributed by atoms with E-state index in [1.807, 2.05) is 29.7 Å². The van der Waals surface area contributed by atoms with E-state index < -0.39 is 12.0 Å². The monoisotopic (exact) mass is 338 g/mol. The Balaban J connectivity index is 1.79. The van der Waals surface area contributed by atoms with Gasteiger partial charge < -0.3 is 4.74 Å². The van der Waals surface area contributed by atoms with Crippen LogP contribution in [-0.4, -0.2) is 39.5 Å². The van der Waals surface area contributed by atoms with E-state index in [4.69, 9.17) is 0 Å². The Morgan fingerprint density at radius 1 is 1.50 bits per heavy atom. The van der Waals surface area contributed by atoms with E-state index in [0.717, 1.165) is 16.6 Å². The van der Waals surface area contributed by atoms with Crippen molar-refractivity contribution in [3.05, 3.63) is 28.2 Å². The number of aromatic amines is 1. The average Bonchev–Trinajstić information content (AvgIpc) is 3.15. The summed E-state index contributed by atoms with van der Waals surface area (Å²) in [5.41, 5.74) is 0. The summed E-state index contributed by atoms with van der Waals surface area (Å²) in [4.78, 5) is 27.9. The Bertz CT molecular complexity index is 652. The summed E-state index contributed by atoms with van der Waals surface area (Å²) in [6, 6.07) is 3.96. The molecule has 7 nitrogen and oxygen atoms in total. The van der Waals surface area contributed by atoms with Crippen LogP contribution in [0, 0.1) is 0 Å². The van der Waals surface area contributed by atoms with Crippen molar-refractivity contribution in [1.82, 2.24) is 20.5 Å². The predicted octanol–water partition coefficient (Wildman–Crippen LogP) is 2.40. The first kappa shape index (κ1) is 16.2. The van der Waals surface area contributed by atoms with Crippen molar-refractivity contribution in [2.75, 3.05) is 12.4 Å². The van der Waals surface area contributed by atoms with Crippen molar-refractivity contribution in [3.63, 3.8) is 0 Å². The Morgan fingerprint density at radius 2 is 2.36 bits per heavy atom. The van der Waals surface area contributed by atoms with Crippen molar-refractivity contribution in [2.24, 2.45) is 0 Å². The summed E-state index contributed by atoms with van der Waals surface area (Å²) < 4.78 is 4.61. The zero-order valence-corrected chi connectivity index (χ0v) is 13.4. The van der Waals surface area contributed by atoms with E-state index in [0.29, 0.717) is 11.0 Å². The van der Waals surface area contributed by atoms with E-state index in [1.165, 1.54) is 0 Å². The number of alkyl carbamates (subject to hydrolysis) is 1. The van der Waals surface area contributed by atoms with E-state index in [-0.39, 0.29) is 12.4 Å². The lowest BCUT2D eigenvalue weighted by molar-refractivity contribution is -0.117. The molecule has 2 N–H and O–H groups in total. The maximum Gasteiger partial charge on any atom is 0.413 e. The number of aromatic nitrogens is 3. The lowest BCUT2D eigenvalue weighted by Gasteiger charge is -2.02. The first-order valence-electron chi connectivity index (χ1n) is 6.40. The molecule has 0 aliphatic rings. The third-order valence-corrected chi connectivity index (χ3v) is 3.96. The highest BCUT2D eigenvalue weighted by molar-refractivity contribution is 7.99. The number of thioether (sulfide) groups is 1. The molecular formula is C13H14N4O3S2. The molecule has 0 bridgehead atoms. The van der Waals surface area contributed by atoms with Crippen LogP contribution in [0.1, 0.15) is 17.6 Å². The van der Waals surface area contributed by atoms with Gasteiger partial charge in [-0.2, -0.15) is 0 Å². The van der Waals surface area contributed by atoms with Gasteiger partial charge in [-0.05, 0) is 30.5 Å². The highest BCUT2D eigenvalue weighted by Crippen LogP contribution is 2.14. The van der Waals surface area contributed by atoms with Gasteiger partial charge in [0, 0.05) is 4.88 Å². The largest absolute Gasteiger partial charge is 0.450 e. The third-order valence-electron chi connectivity index (χ3n) is 2.28. The van der Waals surface area contributed by atoms with E-state index in [2.05, 4.69) is 25.2 Å². The Morgan fingerprint density at radius 3 is 3.09 bits per heavy atom. The molecule has 0 spiro atoms. The SMILES string of the molecule is CCOC(=O)NC(=O)CSc1n[nH]c(C=Cc2cccs2)n1. The normalized spacial score (nSPS) is 10.8. The number of nitrogens with one attached hydrogen (secondary N) is 2. The van der Waals surface area contributed by atoms with Crippen LogP contribution in [0.3, 0.4) is 0 Å². The number of hydrogen-bond donors (Lipinski definition) is 2. The Kier molecular flexibility index (Phi) is 6.16. The molecule has 22 heavy (non-hydrogen) atoms. The Labute approximate surface area is 135 Å². The van der Waals surface area contributed by atoms with Crippen molar-refractivity contribution in [2.45, 2.75) is 12.1 Å². The quantitative estimate of drug-likeness (QED) is 0.785. The third kappa shape index (κ3) is 5.34. The molecule has 0 radical (unpaired) electrons. The van der Waals surface area contributed by atoms with E-state index in [1.54, 1.807) is 18.3 Å². The maximum atomic E-state index is 11.5. The number of hydrogen-bond acceptors (Lipinski definition) is 7. The first-order chi connectivity index (χ1) is 10.7. The highest BCUT2D eigenvalue weighted by Gasteiger charge is 2.10. The Hall–Kier alpha value is -2.13. The number of carbonyl (C=O) groups excluding carboxylic acids is 2. The number of rotatable bonds is 6. The fourth-order valence-electron chi connectivity index (χ4n) is 1.39. The molecule has 9 heteroatoms. The topological polar surface area (TPSA) is 97.0 Å². The lowest BCUT2D eigenvalue weighted by atomic mass is 10.4. The molecule has 0 aromatic carbocycles. The minimum absolute atomic E-state index is 0.0325.